The van der Waals surface area contributed by atoms with Crippen molar-refractivity contribution >= 4 is 17.5 Å². The zero-order valence-electron chi connectivity index (χ0n) is 11.5. The minimum Gasteiger partial charge on any atom is -0.494 e. The summed E-state index contributed by atoms with van der Waals surface area (Å²) in [6, 6.07) is 7.28. The Kier molecular flexibility index (Phi) is 4.70. The van der Waals surface area contributed by atoms with E-state index in [4.69, 9.17) is 4.74 Å². The molecule has 0 amide bonds. The fourth-order valence-corrected chi connectivity index (χ4v) is 1.57. The second-order valence-corrected chi connectivity index (χ2v) is 4.14. The van der Waals surface area contributed by atoms with Gasteiger partial charge in [-0.15, -0.1) is 0 Å². The van der Waals surface area contributed by atoms with Crippen LogP contribution in [0.1, 0.15) is 13.3 Å². The van der Waals surface area contributed by atoms with Crippen molar-refractivity contribution in [1.29, 1.82) is 0 Å². The Morgan fingerprint density at radius 1 is 1.25 bits per heavy atom. The van der Waals surface area contributed by atoms with E-state index in [0.717, 1.165) is 24.1 Å². The third-order valence-electron chi connectivity index (χ3n) is 2.56. The molecule has 0 fully saturated rings. The van der Waals surface area contributed by atoms with Crippen molar-refractivity contribution in [3.63, 3.8) is 0 Å². The minimum atomic E-state index is -0.504. The Morgan fingerprint density at radius 2 is 2.00 bits per heavy atom. The van der Waals surface area contributed by atoms with Crippen molar-refractivity contribution in [3.05, 3.63) is 36.3 Å². The Hall–Kier alpha value is -2.37. The molecule has 2 rings (SSSR count). The van der Waals surface area contributed by atoms with E-state index >= 15 is 0 Å². The summed E-state index contributed by atoms with van der Waals surface area (Å²) in [7, 11) is 1.68. The van der Waals surface area contributed by atoms with E-state index < -0.39 is 5.82 Å². The van der Waals surface area contributed by atoms with E-state index in [2.05, 4.69) is 20.6 Å². The Morgan fingerprint density at radius 3 is 2.65 bits per heavy atom. The molecule has 0 radical (unpaired) electrons. The number of nitrogens with one attached hydrogen (secondary N) is 2. The molecule has 6 heteroatoms. The number of halogens is 1. The molecule has 0 unspecified atom stereocenters. The van der Waals surface area contributed by atoms with Crippen LogP contribution in [0.3, 0.4) is 0 Å². The molecule has 1 aromatic carbocycles. The lowest BCUT2D eigenvalue weighted by Crippen LogP contribution is -2.03. The molecular weight excluding hydrogens is 259 g/mol. The van der Waals surface area contributed by atoms with Gasteiger partial charge in [-0.3, -0.25) is 0 Å². The first-order valence-corrected chi connectivity index (χ1v) is 6.43. The predicted molar refractivity (Wildman–Crippen MR) is 77.0 cm³/mol. The van der Waals surface area contributed by atoms with Gasteiger partial charge in [0.2, 0.25) is 5.95 Å². The van der Waals surface area contributed by atoms with Crippen LogP contribution >= 0.6 is 0 Å². The highest BCUT2D eigenvalue weighted by atomic mass is 19.1. The first-order valence-electron chi connectivity index (χ1n) is 6.43. The highest BCUT2D eigenvalue weighted by molar-refractivity contribution is 5.58. The van der Waals surface area contributed by atoms with Crippen molar-refractivity contribution in [2.45, 2.75) is 13.3 Å². The third kappa shape index (κ3) is 3.57. The van der Waals surface area contributed by atoms with Crippen LogP contribution in [0.2, 0.25) is 0 Å². The zero-order valence-corrected chi connectivity index (χ0v) is 11.5. The van der Waals surface area contributed by atoms with Crippen molar-refractivity contribution in [1.82, 2.24) is 9.97 Å². The van der Waals surface area contributed by atoms with Crippen molar-refractivity contribution in [2.24, 2.45) is 0 Å². The SMILES string of the molecule is CCCOc1ccc(Nc2nc(NC)ncc2F)cc1. The van der Waals surface area contributed by atoms with Gasteiger partial charge in [-0.1, -0.05) is 6.92 Å². The van der Waals surface area contributed by atoms with Gasteiger partial charge in [-0.2, -0.15) is 4.98 Å². The Labute approximate surface area is 117 Å². The maximum Gasteiger partial charge on any atom is 0.224 e. The van der Waals surface area contributed by atoms with Gasteiger partial charge < -0.3 is 15.4 Å². The molecule has 2 N–H and O–H groups in total. The van der Waals surface area contributed by atoms with Gasteiger partial charge in [0.1, 0.15) is 5.75 Å². The van der Waals surface area contributed by atoms with E-state index in [-0.39, 0.29) is 5.82 Å². The summed E-state index contributed by atoms with van der Waals surface area (Å²) >= 11 is 0. The summed E-state index contributed by atoms with van der Waals surface area (Å²) in [4.78, 5) is 7.81. The van der Waals surface area contributed by atoms with Gasteiger partial charge in [0.25, 0.3) is 0 Å². The van der Waals surface area contributed by atoms with E-state index in [0.29, 0.717) is 12.6 Å². The van der Waals surface area contributed by atoms with Crippen molar-refractivity contribution in [3.8, 4) is 5.75 Å². The molecule has 0 atom stereocenters. The number of ether oxygens (including phenoxy) is 1. The Balaban J connectivity index is 2.09. The largest absolute Gasteiger partial charge is 0.494 e. The molecule has 0 bridgehead atoms. The number of hydrogen-bond donors (Lipinski definition) is 2. The van der Waals surface area contributed by atoms with Gasteiger partial charge in [-0.25, -0.2) is 9.37 Å². The van der Waals surface area contributed by atoms with Gasteiger partial charge in [0.15, 0.2) is 11.6 Å². The van der Waals surface area contributed by atoms with Crippen LogP contribution in [-0.4, -0.2) is 23.6 Å². The van der Waals surface area contributed by atoms with Crippen molar-refractivity contribution in [2.75, 3.05) is 24.3 Å². The predicted octanol–water partition coefficient (Wildman–Crippen LogP) is 3.19. The number of hydrogen-bond acceptors (Lipinski definition) is 5. The molecule has 0 aliphatic heterocycles. The van der Waals surface area contributed by atoms with Crippen LogP contribution in [0.5, 0.6) is 5.75 Å². The number of anilines is 3. The first-order chi connectivity index (χ1) is 9.72. The summed E-state index contributed by atoms with van der Waals surface area (Å²) in [6.07, 6.45) is 2.08. The number of aromatic nitrogens is 2. The van der Waals surface area contributed by atoms with E-state index in [1.54, 1.807) is 7.05 Å². The molecule has 0 saturated carbocycles. The summed E-state index contributed by atoms with van der Waals surface area (Å²) < 4.78 is 19.1. The molecule has 0 spiro atoms. The lowest BCUT2D eigenvalue weighted by atomic mass is 10.3. The van der Waals surface area contributed by atoms with Crippen molar-refractivity contribution < 1.29 is 9.13 Å². The summed E-state index contributed by atoms with van der Waals surface area (Å²) in [6.45, 7) is 2.73. The fourth-order valence-electron chi connectivity index (χ4n) is 1.57. The lowest BCUT2D eigenvalue weighted by Gasteiger charge is -2.09. The lowest BCUT2D eigenvalue weighted by molar-refractivity contribution is 0.317. The number of benzene rings is 1. The van der Waals surface area contributed by atoms with Gasteiger partial charge in [0, 0.05) is 12.7 Å². The van der Waals surface area contributed by atoms with Gasteiger partial charge in [-0.05, 0) is 30.7 Å². The average molecular weight is 276 g/mol. The molecule has 0 saturated heterocycles. The maximum absolute atomic E-state index is 13.6. The molecule has 0 aliphatic carbocycles. The van der Waals surface area contributed by atoms with Gasteiger partial charge in [0.05, 0.1) is 12.8 Å². The fraction of sp³-hybridized carbons (Fsp3) is 0.286. The van der Waals surface area contributed by atoms with Gasteiger partial charge >= 0.3 is 0 Å². The van der Waals surface area contributed by atoms with Crippen LogP contribution < -0.4 is 15.4 Å². The topological polar surface area (TPSA) is 59.1 Å². The molecule has 1 heterocycles. The minimum absolute atomic E-state index is 0.131. The van der Waals surface area contributed by atoms with Crippen LogP contribution in [0, 0.1) is 5.82 Å². The molecule has 1 aromatic heterocycles. The van der Waals surface area contributed by atoms with E-state index in [1.807, 2.05) is 31.2 Å². The van der Waals surface area contributed by atoms with Crippen LogP contribution in [0.25, 0.3) is 0 Å². The zero-order chi connectivity index (χ0) is 14.4. The molecular formula is C14H17FN4O. The molecule has 2 aromatic rings. The molecule has 106 valence electrons. The highest BCUT2D eigenvalue weighted by Gasteiger charge is 2.06. The monoisotopic (exact) mass is 276 g/mol. The van der Waals surface area contributed by atoms with Crippen LogP contribution in [0.15, 0.2) is 30.5 Å². The highest BCUT2D eigenvalue weighted by Crippen LogP contribution is 2.21. The second-order valence-electron chi connectivity index (χ2n) is 4.14. The second kappa shape index (κ2) is 6.70. The number of rotatable bonds is 6. The Bertz CT molecular complexity index is 560. The number of nitrogens with zero attached hydrogens (tertiary/aromatic N) is 2. The third-order valence-corrected chi connectivity index (χ3v) is 2.56. The average Bonchev–Trinajstić information content (AvgIpc) is 2.49. The summed E-state index contributed by atoms with van der Waals surface area (Å²) in [5.74, 6) is 0.773. The molecule has 20 heavy (non-hydrogen) atoms. The molecule has 5 nitrogen and oxygen atoms in total. The van der Waals surface area contributed by atoms with E-state index in [1.165, 1.54) is 0 Å². The maximum atomic E-state index is 13.6. The standard InChI is InChI=1S/C14H17FN4O/c1-3-8-20-11-6-4-10(5-7-11)18-13-12(15)9-17-14(16-2)19-13/h4-7,9H,3,8H2,1-2H3,(H2,16,17,18,19). The summed E-state index contributed by atoms with van der Waals surface area (Å²) in [5, 5.41) is 5.67. The molecule has 0 aliphatic rings. The first kappa shape index (κ1) is 14.0. The quantitative estimate of drug-likeness (QED) is 0.848. The van der Waals surface area contributed by atoms with Crippen LogP contribution in [-0.2, 0) is 0 Å². The van der Waals surface area contributed by atoms with Crippen LogP contribution in [0.4, 0.5) is 21.8 Å². The normalized spacial score (nSPS) is 10.2. The summed E-state index contributed by atoms with van der Waals surface area (Å²) in [5.41, 5.74) is 0.730. The van der Waals surface area contributed by atoms with E-state index in [9.17, 15) is 4.39 Å². The smallest absolute Gasteiger partial charge is 0.224 e.